The molecule has 0 amide bonds. The van der Waals surface area contributed by atoms with Crippen molar-refractivity contribution in [2.24, 2.45) is 0 Å². The highest BCUT2D eigenvalue weighted by molar-refractivity contribution is 5.71. The molecule has 31 heavy (non-hydrogen) atoms. The van der Waals surface area contributed by atoms with E-state index in [4.69, 9.17) is 9.47 Å². The van der Waals surface area contributed by atoms with Crippen LogP contribution in [0.4, 0.5) is 8.78 Å². The molecule has 1 saturated heterocycles. The Bertz CT molecular complexity index is 1000. The van der Waals surface area contributed by atoms with Crippen LogP contribution in [0, 0.1) is 5.82 Å². The summed E-state index contributed by atoms with van der Waals surface area (Å²) in [5, 5.41) is 0. The molecule has 0 bridgehead atoms. The highest BCUT2D eigenvalue weighted by Gasteiger charge is 2.36. The third kappa shape index (κ3) is 4.86. The minimum atomic E-state index is -1.46. The van der Waals surface area contributed by atoms with E-state index >= 15 is 0 Å². The molecule has 0 saturated carbocycles. The summed E-state index contributed by atoms with van der Waals surface area (Å²) in [6, 6.07) is 21.3. The number of ether oxygens (including phenoxy) is 2. The maximum absolute atomic E-state index is 14.9. The Kier molecular flexibility index (Phi) is 6.49. The lowest BCUT2D eigenvalue weighted by Crippen LogP contribution is -2.41. The van der Waals surface area contributed by atoms with E-state index in [0.717, 1.165) is 29.5 Å². The molecular formula is C27H28F2O2. The van der Waals surface area contributed by atoms with Gasteiger partial charge < -0.3 is 9.47 Å². The summed E-state index contributed by atoms with van der Waals surface area (Å²) < 4.78 is 40.5. The van der Waals surface area contributed by atoms with Crippen molar-refractivity contribution in [2.45, 2.75) is 45.1 Å². The molecule has 0 radical (unpaired) electrons. The molecule has 0 unspecified atom stereocenters. The van der Waals surface area contributed by atoms with Gasteiger partial charge in [0.2, 0.25) is 0 Å². The fraction of sp³-hybridized carbons (Fsp3) is 0.333. The lowest BCUT2D eigenvalue weighted by Gasteiger charge is -2.34. The number of hydrogen-bond donors (Lipinski definition) is 0. The van der Waals surface area contributed by atoms with Crippen LogP contribution in [-0.2, 0) is 15.9 Å². The van der Waals surface area contributed by atoms with Gasteiger partial charge >= 0.3 is 0 Å². The van der Waals surface area contributed by atoms with Gasteiger partial charge in [0, 0.05) is 11.1 Å². The average molecular weight is 423 g/mol. The molecule has 0 aromatic heterocycles. The fourth-order valence-electron chi connectivity index (χ4n) is 4.01. The van der Waals surface area contributed by atoms with Crippen LogP contribution in [0.3, 0.4) is 0 Å². The quantitative estimate of drug-likeness (QED) is 0.416. The zero-order chi connectivity index (χ0) is 21.8. The summed E-state index contributed by atoms with van der Waals surface area (Å²) in [7, 11) is 0. The maximum atomic E-state index is 14.9. The van der Waals surface area contributed by atoms with E-state index in [-0.39, 0.29) is 19.0 Å². The van der Waals surface area contributed by atoms with E-state index in [1.54, 1.807) is 12.1 Å². The van der Waals surface area contributed by atoms with E-state index in [9.17, 15) is 8.78 Å². The third-order valence-corrected chi connectivity index (χ3v) is 5.84. The van der Waals surface area contributed by atoms with Crippen LogP contribution in [0.2, 0.25) is 0 Å². The van der Waals surface area contributed by atoms with Crippen LogP contribution in [-0.4, -0.2) is 18.9 Å². The van der Waals surface area contributed by atoms with Gasteiger partial charge in [0.15, 0.2) is 12.0 Å². The standard InChI is InChI=1S/C27H28F2O2/c1-3-15-27(29)17-30-26(31-18-27)23-13-14-24(25(28)16-23)22-11-9-21(10-12-22)20-7-5-19(4-2)6-8-20/h5-14,16,26H,3-4,15,17-18H2,1-2H3. The number of aryl methyl sites for hydroxylation is 1. The van der Waals surface area contributed by atoms with Crippen molar-refractivity contribution in [1.29, 1.82) is 0 Å². The lowest BCUT2D eigenvalue weighted by molar-refractivity contribution is -0.239. The van der Waals surface area contributed by atoms with Crippen molar-refractivity contribution in [3.63, 3.8) is 0 Å². The largest absolute Gasteiger partial charge is 0.345 e. The molecule has 3 aromatic carbocycles. The Labute approximate surface area is 182 Å². The predicted octanol–water partition coefficient (Wildman–Crippen LogP) is 7.28. The summed E-state index contributed by atoms with van der Waals surface area (Å²) in [5.74, 6) is -0.351. The monoisotopic (exact) mass is 422 g/mol. The number of rotatable bonds is 6. The SMILES string of the molecule is CCCC1(F)COC(c2ccc(-c3ccc(-c4ccc(CC)cc4)cc3)c(F)c2)OC1. The number of benzene rings is 3. The Morgan fingerprint density at radius 1 is 0.839 bits per heavy atom. The van der Waals surface area contributed by atoms with Crippen molar-refractivity contribution >= 4 is 0 Å². The molecule has 4 rings (SSSR count). The fourth-order valence-corrected chi connectivity index (χ4v) is 4.01. The minimum absolute atomic E-state index is 0.0322. The molecule has 1 aliphatic rings. The van der Waals surface area contributed by atoms with Crippen LogP contribution in [0.5, 0.6) is 0 Å². The zero-order valence-electron chi connectivity index (χ0n) is 18.0. The number of halogens is 2. The van der Waals surface area contributed by atoms with Gasteiger partial charge in [-0.1, -0.05) is 80.9 Å². The smallest absolute Gasteiger partial charge is 0.184 e. The van der Waals surface area contributed by atoms with Gasteiger partial charge in [-0.3, -0.25) is 0 Å². The van der Waals surface area contributed by atoms with Crippen LogP contribution in [0.25, 0.3) is 22.3 Å². The second-order valence-corrected chi connectivity index (χ2v) is 8.22. The van der Waals surface area contributed by atoms with E-state index in [2.05, 4.69) is 31.2 Å². The number of alkyl halides is 1. The van der Waals surface area contributed by atoms with Crippen LogP contribution in [0.15, 0.2) is 66.7 Å². The van der Waals surface area contributed by atoms with Crippen LogP contribution < -0.4 is 0 Å². The van der Waals surface area contributed by atoms with Crippen molar-refractivity contribution < 1.29 is 18.3 Å². The van der Waals surface area contributed by atoms with Crippen LogP contribution >= 0.6 is 0 Å². The van der Waals surface area contributed by atoms with E-state index in [1.165, 1.54) is 11.6 Å². The normalized spacial score (nSPS) is 21.2. The van der Waals surface area contributed by atoms with Crippen molar-refractivity contribution in [3.8, 4) is 22.3 Å². The number of hydrogen-bond acceptors (Lipinski definition) is 2. The molecule has 0 atom stereocenters. The molecule has 162 valence electrons. The topological polar surface area (TPSA) is 18.5 Å². The molecule has 1 heterocycles. The van der Waals surface area contributed by atoms with E-state index in [0.29, 0.717) is 17.5 Å². The zero-order valence-corrected chi connectivity index (χ0v) is 18.0. The van der Waals surface area contributed by atoms with E-state index in [1.807, 2.05) is 31.2 Å². The molecule has 3 aromatic rings. The maximum Gasteiger partial charge on any atom is 0.184 e. The third-order valence-electron chi connectivity index (χ3n) is 5.84. The highest BCUT2D eigenvalue weighted by atomic mass is 19.1. The van der Waals surface area contributed by atoms with Gasteiger partial charge in [0.25, 0.3) is 0 Å². The summed E-state index contributed by atoms with van der Waals surface area (Å²) in [5.41, 5.74) is 3.95. The Balaban J connectivity index is 1.48. The molecular weight excluding hydrogens is 394 g/mol. The molecule has 1 fully saturated rings. The summed E-state index contributed by atoms with van der Waals surface area (Å²) in [4.78, 5) is 0. The first-order valence-electron chi connectivity index (χ1n) is 10.9. The van der Waals surface area contributed by atoms with E-state index < -0.39 is 12.0 Å². The molecule has 0 N–H and O–H groups in total. The second-order valence-electron chi connectivity index (χ2n) is 8.22. The molecule has 0 spiro atoms. The Morgan fingerprint density at radius 2 is 1.42 bits per heavy atom. The Morgan fingerprint density at radius 3 is 1.97 bits per heavy atom. The first-order valence-corrected chi connectivity index (χ1v) is 10.9. The lowest BCUT2D eigenvalue weighted by atomic mass is 9.98. The van der Waals surface area contributed by atoms with Gasteiger partial charge in [-0.05, 0) is 41.2 Å². The molecule has 4 heteroatoms. The minimum Gasteiger partial charge on any atom is -0.345 e. The van der Waals surface area contributed by atoms with Gasteiger partial charge in [-0.25, -0.2) is 8.78 Å². The van der Waals surface area contributed by atoms with Crippen molar-refractivity contribution in [3.05, 3.63) is 83.7 Å². The first kappa shape index (κ1) is 21.7. The van der Waals surface area contributed by atoms with Gasteiger partial charge in [0.1, 0.15) is 5.82 Å². The van der Waals surface area contributed by atoms with Crippen LogP contribution in [0.1, 0.15) is 44.1 Å². The molecule has 2 nitrogen and oxygen atoms in total. The average Bonchev–Trinajstić information content (AvgIpc) is 2.80. The summed E-state index contributed by atoms with van der Waals surface area (Å²) in [6.45, 7) is 4.00. The van der Waals surface area contributed by atoms with Crippen molar-refractivity contribution in [2.75, 3.05) is 13.2 Å². The van der Waals surface area contributed by atoms with Gasteiger partial charge in [-0.2, -0.15) is 0 Å². The van der Waals surface area contributed by atoms with Gasteiger partial charge in [-0.15, -0.1) is 0 Å². The van der Waals surface area contributed by atoms with Crippen molar-refractivity contribution in [1.82, 2.24) is 0 Å². The highest BCUT2D eigenvalue weighted by Crippen LogP contribution is 2.34. The Hall–Kier alpha value is -2.56. The summed E-state index contributed by atoms with van der Waals surface area (Å²) in [6.07, 6.45) is 1.39. The van der Waals surface area contributed by atoms with Gasteiger partial charge in [0.05, 0.1) is 13.2 Å². The summed E-state index contributed by atoms with van der Waals surface area (Å²) >= 11 is 0. The second kappa shape index (κ2) is 9.29. The first-order chi connectivity index (χ1) is 15.0. The molecule has 0 aliphatic carbocycles. The predicted molar refractivity (Wildman–Crippen MR) is 120 cm³/mol. The molecule has 1 aliphatic heterocycles.